The number of benzene rings is 1. The van der Waals surface area contributed by atoms with E-state index in [1.807, 2.05) is 0 Å². The molecule has 0 aliphatic carbocycles. The molecule has 2 rings (SSSR count). The Morgan fingerprint density at radius 1 is 1.57 bits per heavy atom. The van der Waals surface area contributed by atoms with Crippen LogP contribution in [0.3, 0.4) is 0 Å². The largest absolute Gasteiger partial charge is 0.322 e. The second-order valence-corrected chi connectivity index (χ2v) is 4.24. The third-order valence-corrected chi connectivity index (χ3v) is 2.77. The maximum Gasteiger partial charge on any atom is 0.249 e. The van der Waals surface area contributed by atoms with Gasteiger partial charge in [-0.1, -0.05) is 11.8 Å². The van der Waals surface area contributed by atoms with E-state index in [1.54, 1.807) is 13.0 Å². The normalized spacial score (nSPS) is 11.4. The van der Waals surface area contributed by atoms with Crippen LogP contribution in [0.5, 0.6) is 0 Å². The molecule has 0 fully saturated rings. The van der Waals surface area contributed by atoms with Crippen molar-refractivity contribution in [3.63, 3.8) is 0 Å². The van der Waals surface area contributed by atoms with Crippen molar-refractivity contribution < 1.29 is 9.18 Å². The predicted octanol–water partition coefficient (Wildman–Crippen LogP) is 0.927. The topological polar surface area (TPSA) is 85.8 Å². The fourth-order valence-corrected chi connectivity index (χ4v) is 1.62. The molecule has 1 aromatic heterocycles. The van der Waals surface area contributed by atoms with Crippen molar-refractivity contribution in [1.29, 1.82) is 0 Å². The molecule has 0 aliphatic heterocycles. The van der Waals surface area contributed by atoms with Crippen molar-refractivity contribution in [3.8, 4) is 11.8 Å². The van der Waals surface area contributed by atoms with Crippen LogP contribution in [0.4, 0.5) is 10.1 Å². The first kappa shape index (κ1) is 14.7. The van der Waals surface area contributed by atoms with Crippen molar-refractivity contribution >= 4 is 11.6 Å². The number of anilines is 1. The summed E-state index contributed by atoms with van der Waals surface area (Å²) in [6.45, 7) is 1.85. The number of rotatable bonds is 3. The molecule has 1 unspecified atom stereocenters. The summed E-state index contributed by atoms with van der Waals surface area (Å²) in [6.07, 6.45) is 2.75. The molecule has 1 aromatic carbocycles. The molecule has 0 bridgehead atoms. The number of carbonyl (C=O) groups excluding carboxylic acids is 1. The van der Waals surface area contributed by atoms with Crippen LogP contribution in [0, 0.1) is 17.7 Å². The molecule has 2 aromatic rings. The number of nitrogens with one attached hydrogen (secondary N) is 1. The predicted molar refractivity (Wildman–Crippen MR) is 75.7 cm³/mol. The van der Waals surface area contributed by atoms with Gasteiger partial charge in [-0.2, -0.15) is 5.10 Å². The highest BCUT2D eigenvalue weighted by Gasteiger charge is 2.17. The quantitative estimate of drug-likeness (QED) is 0.822. The lowest BCUT2D eigenvalue weighted by Gasteiger charge is -2.12. The number of aromatic nitrogens is 3. The SMILES string of the molecule is CC(C(=O)Nc1ccc(C#CCN)cc1F)n1cncn1. The monoisotopic (exact) mass is 287 g/mol. The number of nitrogens with two attached hydrogens (primary N) is 1. The molecule has 1 atom stereocenters. The highest BCUT2D eigenvalue weighted by molar-refractivity contribution is 5.93. The number of nitrogens with zero attached hydrogens (tertiary/aromatic N) is 3. The zero-order valence-corrected chi connectivity index (χ0v) is 11.4. The van der Waals surface area contributed by atoms with Crippen LogP contribution in [-0.2, 0) is 4.79 Å². The number of hydrogen-bond acceptors (Lipinski definition) is 4. The van der Waals surface area contributed by atoms with Gasteiger partial charge < -0.3 is 11.1 Å². The van der Waals surface area contributed by atoms with Crippen molar-refractivity contribution in [2.45, 2.75) is 13.0 Å². The van der Waals surface area contributed by atoms with E-state index in [4.69, 9.17) is 5.73 Å². The van der Waals surface area contributed by atoms with Gasteiger partial charge in [-0.05, 0) is 25.1 Å². The van der Waals surface area contributed by atoms with Crippen LogP contribution in [0.1, 0.15) is 18.5 Å². The number of amides is 1. The summed E-state index contributed by atoms with van der Waals surface area (Å²) in [7, 11) is 0. The Bertz CT molecular complexity index is 687. The maximum atomic E-state index is 13.9. The highest BCUT2D eigenvalue weighted by Crippen LogP contribution is 2.17. The van der Waals surface area contributed by atoms with E-state index in [1.165, 1.54) is 29.5 Å². The fraction of sp³-hybridized carbons (Fsp3) is 0.214. The number of halogens is 1. The summed E-state index contributed by atoms with van der Waals surface area (Å²) >= 11 is 0. The summed E-state index contributed by atoms with van der Waals surface area (Å²) in [6, 6.07) is 3.73. The lowest BCUT2D eigenvalue weighted by Crippen LogP contribution is -2.24. The average Bonchev–Trinajstić information content (AvgIpc) is 3.01. The van der Waals surface area contributed by atoms with E-state index < -0.39 is 11.9 Å². The summed E-state index contributed by atoms with van der Waals surface area (Å²) in [5.74, 6) is 4.41. The molecular formula is C14H14FN5O. The van der Waals surface area contributed by atoms with Gasteiger partial charge in [-0.15, -0.1) is 0 Å². The fourth-order valence-electron chi connectivity index (χ4n) is 1.62. The minimum Gasteiger partial charge on any atom is -0.322 e. The lowest BCUT2D eigenvalue weighted by atomic mass is 10.2. The van der Waals surface area contributed by atoms with Crippen molar-refractivity contribution in [1.82, 2.24) is 14.8 Å². The van der Waals surface area contributed by atoms with E-state index in [0.29, 0.717) is 5.56 Å². The molecule has 3 N–H and O–H groups in total. The Balaban J connectivity index is 2.11. The zero-order valence-electron chi connectivity index (χ0n) is 11.4. The van der Waals surface area contributed by atoms with E-state index in [9.17, 15) is 9.18 Å². The minimum absolute atomic E-state index is 0.0882. The zero-order chi connectivity index (χ0) is 15.2. The molecule has 21 heavy (non-hydrogen) atoms. The summed E-state index contributed by atoms with van der Waals surface area (Å²) in [5.41, 5.74) is 5.84. The van der Waals surface area contributed by atoms with Crippen molar-refractivity contribution in [2.24, 2.45) is 5.73 Å². The molecule has 7 heteroatoms. The van der Waals surface area contributed by atoms with Gasteiger partial charge in [0.1, 0.15) is 24.5 Å². The van der Waals surface area contributed by atoms with Gasteiger partial charge in [-0.25, -0.2) is 14.1 Å². The van der Waals surface area contributed by atoms with E-state index >= 15 is 0 Å². The van der Waals surface area contributed by atoms with E-state index in [0.717, 1.165) is 0 Å². The number of carbonyl (C=O) groups is 1. The summed E-state index contributed by atoms with van der Waals surface area (Å²) in [4.78, 5) is 15.8. The Kier molecular flexibility index (Phi) is 4.64. The molecule has 0 saturated carbocycles. The Labute approximate surface area is 121 Å². The molecule has 6 nitrogen and oxygen atoms in total. The lowest BCUT2D eigenvalue weighted by molar-refractivity contribution is -0.119. The van der Waals surface area contributed by atoms with Gasteiger partial charge in [0.2, 0.25) is 5.91 Å². The maximum absolute atomic E-state index is 13.9. The van der Waals surface area contributed by atoms with Crippen molar-refractivity contribution in [3.05, 3.63) is 42.2 Å². The summed E-state index contributed by atoms with van der Waals surface area (Å²) in [5, 5.41) is 6.38. The van der Waals surface area contributed by atoms with Crippen LogP contribution < -0.4 is 11.1 Å². The molecule has 1 amide bonds. The molecule has 1 heterocycles. The van der Waals surface area contributed by atoms with Crippen LogP contribution in [0.25, 0.3) is 0 Å². The van der Waals surface area contributed by atoms with Gasteiger partial charge in [0.25, 0.3) is 0 Å². The first-order chi connectivity index (χ1) is 10.1. The van der Waals surface area contributed by atoms with Crippen molar-refractivity contribution in [2.75, 3.05) is 11.9 Å². The van der Waals surface area contributed by atoms with Crippen LogP contribution >= 0.6 is 0 Å². The van der Waals surface area contributed by atoms with Gasteiger partial charge in [0.05, 0.1) is 12.2 Å². The van der Waals surface area contributed by atoms with Gasteiger partial charge in [0, 0.05) is 5.56 Å². The van der Waals surface area contributed by atoms with Gasteiger partial charge >= 0.3 is 0 Å². The van der Waals surface area contributed by atoms with E-state index in [2.05, 4.69) is 27.2 Å². The Morgan fingerprint density at radius 3 is 3.00 bits per heavy atom. The Morgan fingerprint density at radius 2 is 2.38 bits per heavy atom. The van der Waals surface area contributed by atoms with Crippen LogP contribution in [-0.4, -0.2) is 27.2 Å². The van der Waals surface area contributed by atoms with Crippen LogP contribution in [0.15, 0.2) is 30.9 Å². The first-order valence-electron chi connectivity index (χ1n) is 6.25. The molecule has 0 spiro atoms. The minimum atomic E-state index is -0.594. The second kappa shape index (κ2) is 6.63. The van der Waals surface area contributed by atoms with Gasteiger partial charge in [-0.3, -0.25) is 4.79 Å². The smallest absolute Gasteiger partial charge is 0.249 e. The molecular weight excluding hydrogens is 273 g/mol. The number of hydrogen-bond donors (Lipinski definition) is 2. The summed E-state index contributed by atoms with van der Waals surface area (Å²) < 4.78 is 15.3. The first-order valence-corrected chi connectivity index (χ1v) is 6.25. The highest BCUT2D eigenvalue weighted by atomic mass is 19.1. The third-order valence-electron chi connectivity index (χ3n) is 2.77. The van der Waals surface area contributed by atoms with E-state index in [-0.39, 0.29) is 18.1 Å². The third kappa shape index (κ3) is 3.64. The standard InChI is InChI=1S/C14H14FN5O/c1-10(20-9-17-8-18-20)14(21)19-13-5-4-11(3-2-6-16)7-12(13)15/h4-5,7-10H,6,16H2,1H3,(H,19,21). The van der Waals surface area contributed by atoms with Crippen LogP contribution in [0.2, 0.25) is 0 Å². The molecule has 0 aliphatic rings. The van der Waals surface area contributed by atoms with Gasteiger partial charge in [0.15, 0.2) is 0 Å². The average molecular weight is 287 g/mol. The second-order valence-electron chi connectivity index (χ2n) is 4.24. The molecule has 0 saturated heterocycles. The molecule has 108 valence electrons. The Hall–Kier alpha value is -2.72. The molecule has 0 radical (unpaired) electrons.